The van der Waals surface area contributed by atoms with Crippen molar-refractivity contribution in [2.24, 2.45) is 11.8 Å². The minimum absolute atomic E-state index is 0.260. The fraction of sp³-hybridized carbons (Fsp3) is 0.938. The molecule has 1 saturated carbocycles. The molecule has 3 heteroatoms. The Morgan fingerprint density at radius 1 is 1.32 bits per heavy atom. The average molecular weight is 263 g/mol. The molecule has 1 heterocycles. The van der Waals surface area contributed by atoms with E-state index in [0.29, 0.717) is 6.04 Å². The number of nitrogens with zero attached hydrogens (tertiary/aromatic N) is 2. The van der Waals surface area contributed by atoms with Crippen molar-refractivity contribution in [2.75, 3.05) is 19.6 Å². The van der Waals surface area contributed by atoms with E-state index >= 15 is 0 Å². The van der Waals surface area contributed by atoms with Crippen LogP contribution in [0, 0.1) is 23.2 Å². The zero-order chi connectivity index (χ0) is 13.9. The summed E-state index contributed by atoms with van der Waals surface area (Å²) in [6.07, 6.45) is 5.81. The fourth-order valence-corrected chi connectivity index (χ4v) is 3.82. The molecule has 0 aromatic carbocycles. The molecule has 0 spiro atoms. The van der Waals surface area contributed by atoms with Crippen molar-refractivity contribution >= 4 is 0 Å². The predicted molar refractivity (Wildman–Crippen MR) is 78.8 cm³/mol. The van der Waals surface area contributed by atoms with Gasteiger partial charge in [-0.1, -0.05) is 20.8 Å². The van der Waals surface area contributed by atoms with E-state index < -0.39 is 0 Å². The highest BCUT2D eigenvalue weighted by molar-refractivity contribution is 5.11. The first-order chi connectivity index (χ1) is 9.10. The van der Waals surface area contributed by atoms with Gasteiger partial charge in [-0.15, -0.1) is 0 Å². The van der Waals surface area contributed by atoms with E-state index in [0.717, 1.165) is 31.2 Å². The summed E-state index contributed by atoms with van der Waals surface area (Å²) in [7, 11) is 0. The van der Waals surface area contributed by atoms with Gasteiger partial charge in [0.1, 0.15) is 5.54 Å². The predicted octanol–water partition coefficient (Wildman–Crippen LogP) is 2.78. The topological polar surface area (TPSA) is 39.1 Å². The van der Waals surface area contributed by atoms with Gasteiger partial charge in [-0.05, 0) is 57.0 Å². The molecule has 3 nitrogen and oxygen atoms in total. The molecule has 2 rings (SSSR count). The van der Waals surface area contributed by atoms with Crippen molar-refractivity contribution in [3.63, 3.8) is 0 Å². The molecule has 1 saturated heterocycles. The SMILES string of the molecule is CCNC1(C#N)CCCC(N2CCC(C)C(C)C2)C1. The number of likely N-dealkylation sites (tertiary alicyclic amines) is 1. The van der Waals surface area contributed by atoms with Crippen molar-refractivity contribution in [2.45, 2.75) is 64.5 Å². The Morgan fingerprint density at radius 3 is 2.74 bits per heavy atom. The Hall–Kier alpha value is -0.590. The van der Waals surface area contributed by atoms with Crippen molar-refractivity contribution in [1.29, 1.82) is 5.26 Å². The highest BCUT2D eigenvalue weighted by Gasteiger charge is 2.39. The molecule has 1 aliphatic heterocycles. The van der Waals surface area contributed by atoms with E-state index in [9.17, 15) is 5.26 Å². The number of piperidine rings is 1. The van der Waals surface area contributed by atoms with E-state index in [-0.39, 0.29) is 5.54 Å². The quantitative estimate of drug-likeness (QED) is 0.851. The summed E-state index contributed by atoms with van der Waals surface area (Å²) in [6.45, 7) is 10.2. The lowest BCUT2D eigenvalue weighted by atomic mass is 9.78. The lowest BCUT2D eigenvalue weighted by Crippen LogP contribution is -2.54. The first-order valence-corrected chi connectivity index (χ1v) is 8.00. The van der Waals surface area contributed by atoms with Crippen LogP contribution in [0.2, 0.25) is 0 Å². The molecule has 4 unspecified atom stereocenters. The average Bonchev–Trinajstić information content (AvgIpc) is 2.42. The molecule has 0 aromatic heterocycles. The van der Waals surface area contributed by atoms with Crippen LogP contribution >= 0.6 is 0 Å². The molecule has 19 heavy (non-hydrogen) atoms. The van der Waals surface area contributed by atoms with Crippen LogP contribution in [-0.4, -0.2) is 36.1 Å². The molecule has 0 aromatic rings. The van der Waals surface area contributed by atoms with E-state index in [1.54, 1.807) is 0 Å². The molecule has 0 amide bonds. The van der Waals surface area contributed by atoms with Gasteiger partial charge >= 0.3 is 0 Å². The molecule has 1 N–H and O–H groups in total. The Morgan fingerprint density at radius 2 is 2.11 bits per heavy atom. The summed E-state index contributed by atoms with van der Waals surface area (Å²) >= 11 is 0. The van der Waals surface area contributed by atoms with Crippen LogP contribution in [0.3, 0.4) is 0 Å². The minimum Gasteiger partial charge on any atom is -0.300 e. The van der Waals surface area contributed by atoms with Crippen LogP contribution in [0.25, 0.3) is 0 Å². The maximum atomic E-state index is 9.55. The zero-order valence-corrected chi connectivity index (χ0v) is 12.8. The van der Waals surface area contributed by atoms with Crippen LogP contribution in [-0.2, 0) is 0 Å². The van der Waals surface area contributed by atoms with Crippen molar-refractivity contribution in [1.82, 2.24) is 10.2 Å². The van der Waals surface area contributed by atoms with Crippen LogP contribution < -0.4 is 5.32 Å². The first kappa shape index (κ1) is 14.8. The molecule has 0 radical (unpaired) electrons. The van der Waals surface area contributed by atoms with E-state index in [1.807, 2.05) is 0 Å². The van der Waals surface area contributed by atoms with Gasteiger partial charge in [-0.3, -0.25) is 10.2 Å². The van der Waals surface area contributed by atoms with Crippen molar-refractivity contribution < 1.29 is 0 Å². The second-order valence-corrected chi connectivity index (χ2v) is 6.71. The Kier molecular flexibility index (Phi) is 4.86. The number of rotatable bonds is 3. The van der Waals surface area contributed by atoms with Gasteiger partial charge in [0.2, 0.25) is 0 Å². The monoisotopic (exact) mass is 263 g/mol. The highest BCUT2D eigenvalue weighted by atomic mass is 15.2. The maximum absolute atomic E-state index is 9.55. The summed E-state index contributed by atoms with van der Waals surface area (Å²) in [5.74, 6) is 1.65. The first-order valence-electron chi connectivity index (χ1n) is 8.00. The number of nitrogens with one attached hydrogen (secondary N) is 1. The third-order valence-corrected chi connectivity index (χ3v) is 5.34. The fourth-order valence-electron chi connectivity index (χ4n) is 3.82. The normalized spacial score (nSPS) is 40.8. The number of hydrogen-bond donors (Lipinski definition) is 1. The standard InChI is InChI=1S/C16H29N3/c1-4-18-16(12-17)8-5-6-15(10-16)19-9-7-13(2)14(3)11-19/h13-15,18H,4-11H2,1-3H3. The Labute approximate surface area is 118 Å². The molecule has 2 fully saturated rings. The largest absolute Gasteiger partial charge is 0.300 e. The van der Waals surface area contributed by atoms with Crippen LogP contribution in [0.4, 0.5) is 0 Å². The number of hydrogen-bond acceptors (Lipinski definition) is 3. The summed E-state index contributed by atoms with van der Waals surface area (Å²) in [5, 5.41) is 13.0. The van der Waals surface area contributed by atoms with Gasteiger partial charge in [0, 0.05) is 12.6 Å². The van der Waals surface area contributed by atoms with Gasteiger partial charge in [-0.25, -0.2) is 0 Å². The summed E-state index contributed by atoms with van der Waals surface area (Å²) in [6, 6.07) is 3.18. The van der Waals surface area contributed by atoms with Crippen LogP contribution in [0.1, 0.15) is 52.9 Å². The van der Waals surface area contributed by atoms with Gasteiger partial charge in [0.25, 0.3) is 0 Å². The van der Waals surface area contributed by atoms with Crippen LogP contribution in [0.5, 0.6) is 0 Å². The smallest absolute Gasteiger partial charge is 0.108 e. The second kappa shape index (κ2) is 6.24. The maximum Gasteiger partial charge on any atom is 0.108 e. The second-order valence-electron chi connectivity index (χ2n) is 6.71. The van der Waals surface area contributed by atoms with Crippen molar-refractivity contribution in [3.05, 3.63) is 0 Å². The van der Waals surface area contributed by atoms with Gasteiger partial charge < -0.3 is 0 Å². The van der Waals surface area contributed by atoms with Gasteiger partial charge in [-0.2, -0.15) is 5.26 Å². The third-order valence-electron chi connectivity index (χ3n) is 5.34. The van der Waals surface area contributed by atoms with E-state index in [1.165, 1.54) is 32.4 Å². The molecule has 2 aliphatic rings. The van der Waals surface area contributed by atoms with Crippen LogP contribution in [0.15, 0.2) is 0 Å². The molecule has 1 aliphatic carbocycles. The summed E-state index contributed by atoms with van der Waals surface area (Å²) in [4.78, 5) is 2.66. The Balaban J connectivity index is 1.99. The number of nitriles is 1. The summed E-state index contributed by atoms with van der Waals surface area (Å²) < 4.78 is 0. The third kappa shape index (κ3) is 3.30. The minimum atomic E-state index is -0.260. The highest BCUT2D eigenvalue weighted by Crippen LogP contribution is 2.34. The lowest BCUT2D eigenvalue weighted by Gasteiger charge is -2.45. The molecule has 0 bridgehead atoms. The lowest BCUT2D eigenvalue weighted by molar-refractivity contribution is 0.0597. The zero-order valence-electron chi connectivity index (χ0n) is 12.8. The van der Waals surface area contributed by atoms with E-state index in [4.69, 9.17) is 0 Å². The Bertz CT molecular complexity index is 331. The molecule has 4 atom stereocenters. The van der Waals surface area contributed by atoms with Gasteiger partial charge in [0.15, 0.2) is 0 Å². The molecule has 108 valence electrons. The van der Waals surface area contributed by atoms with Gasteiger partial charge in [0.05, 0.1) is 6.07 Å². The molecular weight excluding hydrogens is 234 g/mol. The van der Waals surface area contributed by atoms with Crippen molar-refractivity contribution in [3.8, 4) is 6.07 Å². The summed E-state index contributed by atoms with van der Waals surface area (Å²) in [5.41, 5.74) is -0.260. The van der Waals surface area contributed by atoms with E-state index in [2.05, 4.69) is 37.1 Å². The molecular formula is C16H29N3.